The zero-order chi connectivity index (χ0) is 12.4. The van der Waals surface area contributed by atoms with Gasteiger partial charge in [0.05, 0.1) is 11.0 Å². The van der Waals surface area contributed by atoms with Crippen molar-refractivity contribution >= 4 is 11.0 Å². The first-order valence-corrected chi connectivity index (χ1v) is 7.27. The molecule has 2 unspecified atom stereocenters. The fourth-order valence-electron chi connectivity index (χ4n) is 3.39. The largest absolute Gasteiger partial charge is 0.357 e. The Balaban J connectivity index is 1.71. The van der Waals surface area contributed by atoms with Gasteiger partial charge < -0.3 is 4.98 Å². The zero-order valence-electron chi connectivity index (χ0n) is 11.2. The second kappa shape index (κ2) is 5.13. The average Bonchev–Trinajstić information content (AvgIpc) is 2.81. The molecule has 3 rings (SSSR count). The van der Waals surface area contributed by atoms with E-state index in [1.165, 1.54) is 49.7 Å². The summed E-state index contributed by atoms with van der Waals surface area (Å²) in [5, 5.41) is 0. The van der Waals surface area contributed by atoms with Crippen LogP contribution in [-0.2, 0) is 6.42 Å². The molecule has 96 valence electrons. The summed E-state index contributed by atoms with van der Waals surface area (Å²) in [5.41, 5.74) is 3.65. The summed E-state index contributed by atoms with van der Waals surface area (Å²) in [6.07, 6.45) is 10.1. The second-order valence-electron chi connectivity index (χ2n) is 5.74. The van der Waals surface area contributed by atoms with Gasteiger partial charge in [-0.25, -0.2) is 0 Å². The molecule has 0 bridgehead atoms. The number of rotatable bonds is 3. The van der Waals surface area contributed by atoms with Crippen LogP contribution in [0.1, 0.15) is 44.7 Å². The number of aromatic amines is 1. The van der Waals surface area contributed by atoms with E-state index in [9.17, 15) is 0 Å². The SMILES string of the molecule is CCC1CCCC(Cc2cc3ncccc3[nH]2)C1. The Morgan fingerprint density at radius 3 is 3.06 bits per heavy atom. The lowest BCUT2D eigenvalue weighted by Crippen LogP contribution is -2.17. The molecule has 0 aliphatic heterocycles. The van der Waals surface area contributed by atoms with Crippen molar-refractivity contribution in [3.63, 3.8) is 0 Å². The summed E-state index contributed by atoms with van der Waals surface area (Å²) in [7, 11) is 0. The fraction of sp³-hybridized carbons (Fsp3) is 0.562. The van der Waals surface area contributed by atoms with Crippen LogP contribution in [-0.4, -0.2) is 9.97 Å². The van der Waals surface area contributed by atoms with Crippen molar-refractivity contribution in [2.45, 2.75) is 45.4 Å². The Morgan fingerprint density at radius 1 is 1.33 bits per heavy atom. The lowest BCUT2D eigenvalue weighted by atomic mass is 9.78. The third-order valence-corrected chi connectivity index (χ3v) is 4.42. The lowest BCUT2D eigenvalue weighted by molar-refractivity contribution is 0.258. The molecule has 2 aromatic rings. The highest BCUT2D eigenvalue weighted by Gasteiger charge is 2.21. The van der Waals surface area contributed by atoms with Gasteiger partial charge in [-0.05, 0) is 42.9 Å². The van der Waals surface area contributed by atoms with Crippen molar-refractivity contribution < 1.29 is 0 Å². The Morgan fingerprint density at radius 2 is 2.22 bits per heavy atom. The first-order chi connectivity index (χ1) is 8.85. The summed E-state index contributed by atoms with van der Waals surface area (Å²) in [6, 6.07) is 6.34. The van der Waals surface area contributed by atoms with E-state index >= 15 is 0 Å². The molecule has 2 nitrogen and oxygen atoms in total. The number of hydrogen-bond acceptors (Lipinski definition) is 1. The van der Waals surface area contributed by atoms with Crippen LogP contribution in [0.4, 0.5) is 0 Å². The van der Waals surface area contributed by atoms with Crippen molar-refractivity contribution in [1.29, 1.82) is 0 Å². The maximum absolute atomic E-state index is 4.39. The fourth-order valence-corrected chi connectivity index (χ4v) is 3.39. The highest BCUT2D eigenvalue weighted by Crippen LogP contribution is 2.33. The van der Waals surface area contributed by atoms with Gasteiger partial charge in [0.2, 0.25) is 0 Å². The van der Waals surface area contributed by atoms with Crippen molar-refractivity contribution in [3.05, 3.63) is 30.1 Å². The number of aromatic nitrogens is 2. The topological polar surface area (TPSA) is 28.7 Å². The molecule has 2 atom stereocenters. The Labute approximate surface area is 109 Å². The Bertz CT molecular complexity index is 482. The van der Waals surface area contributed by atoms with E-state index in [1.54, 1.807) is 0 Å². The van der Waals surface area contributed by atoms with Crippen LogP contribution in [0.2, 0.25) is 0 Å². The van der Waals surface area contributed by atoms with Gasteiger partial charge in [-0.1, -0.05) is 32.6 Å². The molecule has 0 amide bonds. The van der Waals surface area contributed by atoms with Gasteiger partial charge >= 0.3 is 0 Å². The maximum atomic E-state index is 4.39. The number of nitrogens with zero attached hydrogens (tertiary/aromatic N) is 1. The molecule has 2 aromatic heterocycles. The molecule has 1 aliphatic rings. The molecular weight excluding hydrogens is 220 g/mol. The third kappa shape index (κ3) is 2.43. The first-order valence-electron chi connectivity index (χ1n) is 7.27. The minimum Gasteiger partial charge on any atom is -0.357 e. The van der Waals surface area contributed by atoms with Crippen LogP contribution in [0, 0.1) is 11.8 Å². The van der Waals surface area contributed by atoms with Gasteiger partial charge in [-0.15, -0.1) is 0 Å². The van der Waals surface area contributed by atoms with E-state index in [4.69, 9.17) is 0 Å². The van der Waals surface area contributed by atoms with Crippen LogP contribution in [0.5, 0.6) is 0 Å². The van der Waals surface area contributed by atoms with Crippen molar-refractivity contribution in [2.75, 3.05) is 0 Å². The molecular formula is C16H22N2. The van der Waals surface area contributed by atoms with E-state index in [0.717, 1.165) is 17.4 Å². The summed E-state index contributed by atoms with van der Waals surface area (Å²) >= 11 is 0. The number of H-pyrrole nitrogens is 1. The van der Waals surface area contributed by atoms with Gasteiger partial charge in [0.1, 0.15) is 0 Å². The molecule has 0 saturated heterocycles. The average molecular weight is 242 g/mol. The number of pyridine rings is 1. The molecule has 1 N–H and O–H groups in total. The summed E-state index contributed by atoms with van der Waals surface area (Å²) in [4.78, 5) is 7.91. The minimum absolute atomic E-state index is 0.872. The quantitative estimate of drug-likeness (QED) is 0.853. The molecule has 1 saturated carbocycles. The monoisotopic (exact) mass is 242 g/mol. The third-order valence-electron chi connectivity index (χ3n) is 4.42. The highest BCUT2D eigenvalue weighted by molar-refractivity contribution is 5.75. The predicted molar refractivity (Wildman–Crippen MR) is 75.5 cm³/mol. The smallest absolute Gasteiger partial charge is 0.0881 e. The normalized spacial score (nSPS) is 24.5. The van der Waals surface area contributed by atoms with E-state index in [-0.39, 0.29) is 0 Å². The van der Waals surface area contributed by atoms with E-state index in [2.05, 4.69) is 29.0 Å². The van der Waals surface area contributed by atoms with Crippen molar-refractivity contribution in [1.82, 2.24) is 9.97 Å². The van der Waals surface area contributed by atoms with Crippen molar-refractivity contribution in [3.8, 4) is 0 Å². The molecule has 0 aromatic carbocycles. The lowest BCUT2D eigenvalue weighted by Gasteiger charge is -2.28. The summed E-state index contributed by atoms with van der Waals surface area (Å²) in [5.74, 6) is 1.84. The number of fused-ring (bicyclic) bond motifs is 1. The molecule has 2 heteroatoms. The minimum atomic E-state index is 0.872. The van der Waals surface area contributed by atoms with Crippen LogP contribution in [0.25, 0.3) is 11.0 Å². The zero-order valence-corrected chi connectivity index (χ0v) is 11.2. The molecule has 18 heavy (non-hydrogen) atoms. The van der Waals surface area contributed by atoms with E-state index in [0.29, 0.717) is 0 Å². The first kappa shape index (κ1) is 11.8. The molecule has 0 spiro atoms. The maximum Gasteiger partial charge on any atom is 0.0881 e. The van der Waals surface area contributed by atoms with Crippen molar-refractivity contribution in [2.24, 2.45) is 11.8 Å². The van der Waals surface area contributed by atoms with Crippen LogP contribution in [0.3, 0.4) is 0 Å². The summed E-state index contributed by atoms with van der Waals surface area (Å²) in [6.45, 7) is 2.33. The number of nitrogens with one attached hydrogen (secondary N) is 1. The predicted octanol–water partition coefficient (Wildman–Crippen LogP) is 4.32. The van der Waals surface area contributed by atoms with Gasteiger partial charge in [0.25, 0.3) is 0 Å². The Hall–Kier alpha value is -1.31. The van der Waals surface area contributed by atoms with Gasteiger partial charge in [-0.2, -0.15) is 0 Å². The number of hydrogen-bond donors (Lipinski definition) is 1. The van der Waals surface area contributed by atoms with Gasteiger partial charge in [-0.3, -0.25) is 4.98 Å². The van der Waals surface area contributed by atoms with E-state index in [1.807, 2.05) is 12.3 Å². The Kier molecular flexibility index (Phi) is 3.35. The standard InChI is InChI=1S/C16H22N2/c1-2-12-5-3-6-13(9-12)10-14-11-16-15(18-14)7-4-8-17-16/h4,7-8,11-13,18H,2-3,5-6,9-10H2,1H3. The molecule has 1 aliphatic carbocycles. The van der Waals surface area contributed by atoms with Gasteiger partial charge in [0, 0.05) is 11.9 Å². The second-order valence-corrected chi connectivity index (χ2v) is 5.74. The van der Waals surface area contributed by atoms with Crippen LogP contribution >= 0.6 is 0 Å². The molecule has 0 radical (unpaired) electrons. The molecule has 2 heterocycles. The van der Waals surface area contributed by atoms with E-state index < -0.39 is 0 Å². The highest BCUT2D eigenvalue weighted by atomic mass is 14.8. The summed E-state index contributed by atoms with van der Waals surface area (Å²) < 4.78 is 0. The van der Waals surface area contributed by atoms with Gasteiger partial charge in [0.15, 0.2) is 0 Å². The van der Waals surface area contributed by atoms with Crippen LogP contribution < -0.4 is 0 Å². The molecule has 1 fully saturated rings. The van der Waals surface area contributed by atoms with Crippen LogP contribution in [0.15, 0.2) is 24.4 Å².